The standard InChI is InChI=1S/C25H25ClN6O4/c1-16(33)31-12-14-32(15-13-31)20-8-6-19(7-9-20)27-21(34)22-29-30-24(36-22)28-23(35)25(10-11-25)17-2-4-18(26)5-3-17/h2-9H,10-15H2,1H3,(H,27,34)(H,28,30,35). The molecule has 11 heteroatoms. The normalized spacial score (nSPS) is 16.4. The highest BCUT2D eigenvalue weighted by Crippen LogP contribution is 2.49. The number of anilines is 3. The SMILES string of the molecule is CC(=O)N1CCN(c2ccc(NC(=O)c3nnc(NC(=O)C4(c5ccc(Cl)cc5)CC4)o3)cc2)CC1. The Morgan fingerprint density at radius 2 is 1.58 bits per heavy atom. The van der Waals surface area contributed by atoms with Gasteiger partial charge in [0.2, 0.25) is 11.8 Å². The van der Waals surface area contributed by atoms with E-state index in [-0.39, 0.29) is 23.7 Å². The van der Waals surface area contributed by atoms with E-state index in [9.17, 15) is 14.4 Å². The van der Waals surface area contributed by atoms with Crippen LogP contribution in [0.4, 0.5) is 17.4 Å². The predicted molar refractivity (Wildman–Crippen MR) is 134 cm³/mol. The van der Waals surface area contributed by atoms with Crippen LogP contribution in [0.1, 0.15) is 36.0 Å². The Bertz CT molecular complexity index is 1280. The lowest BCUT2D eigenvalue weighted by molar-refractivity contribution is -0.129. The molecule has 2 heterocycles. The molecule has 0 radical (unpaired) electrons. The maximum absolute atomic E-state index is 12.9. The molecule has 0 unspecified atom stereocenters. The van der Waals surface area contributed by atoms with Crippen molar-refractivity contribution in [3.8, 4) is 0 Å². The predicted octanol–water partition coefficient (Wildman–Crippen LogP) is 3.31. The van der Waals surface area contributed by atoms with Crippen molar-refractivity contribution in [2.75, 3.05) is 41.7 Å². The Balaban J connectivity index is 1.17. The molecule has 2 aromatic carbocycles. The lowest BCUT2D eigenvalue weighted by atomic mass is 9.95. The number of carbonyl (C=O) groups excluding carboxylic acids is 3. The van der Waals surface area contributed by atoms with E-state index in [1.54, 1.807) is 31.2 Å². The molecule has 0 atom stereocenters. The zero-order chi connectivity index (χ0) is 25.3. The summed E-state index contributed by atoms with van der Waals surface area (Å²) >= 11 is 5.95. The fraction of sp³-hybridized carbons (Fsp3) is 0.320. The van der Waals surface area contributed by atoms with Crippen LogP contribution in [0.5, 0.6) is 0 Å². The van der Waals surface area contributed by atoms with Crippen molar-refractivity contribution in [3.05, 3.63) is 65.0 Å². The van der Waals surface area contributed by atoms with Gasteiger partial charge in [-0.15, -0.1) is 5.10 Å². The summed E-state index contributed by atoms with van der Waals surface area (Å²) in [5, 5.41) is 13.5. The Morgan fingerprint density at radius 3 is 2.19 bits per heavy atom. The first-order valence-corrected chi connectivity index (χ1v) is 12.0. The molecule has 2 aliphatic rings. The van der Waals surface area contributed by atoms with E-state index in [0.717, 1.165) is 24.3 Å². The van der Waals surface area contributed by atoms with Gasteiger partial charge in [-0.1, -0.05) is 28.8 Å². The second-order valence-corrected chi connectivity index (χ2v) is 9.39. The van der Waals surface area contributed by atoms with Crippen LogP contribution in [0.2, 0.25) is 5.02 Å². The second kappa shape index (κ2) is 9.62. The van der Waals surface area contributed by atoms with E-state index in [1.165, 1.54) is 0 Å². The van der Waals surface area contributed by atoms with Gasteiger partial charge in [-0.3, -0.25) is 19.7 Å². The van der Waals surface area contributed by atoms with Gasteiger partial charge in [0, 0.05) is 49.5 Å². The van der Waals surface area contributed by atoms with Gasteiger partial charge in [0.05, 0.1) is 5.41 Å². The molecule has 3 aromatic rings. The first-order chi connectivity index (χ1) is 17.3. The molecule has 1 aliphatic heterocycles. The minimum atomic E-state index is -0.651. The highest BCUT2D eigenvalue weighted by molar-refractivity contribution is 6.30. The van der Waals surface area contributed by atoms with Gasteiger partial charge >= 0.3 is 17.8 Å². The summed E-state index contributed by atoms with van der Waals surface area (Å²) < 4.78 is 5.39. The van der Waals surface area contributed by atoms with Gasteiger partial charge in [-0.2, -0.15) is 0 Å². The van der Waals surface area contributed by atoms with Crippen LogP contribution in [0.3, 0.4) is 0 Å². The number of hydrogen-bond donors (Lipinski definition) is 2. The number of benzene rings is 2. The quantitative estimate of drug-likeness (QED) is 0.524. The smallest absolute Gasteiger partial charge is 0.322 e. The molecular formula is C25H25ClN6O4. The largest absolute Gasteiger partial charge is 0.399 e. The van der Waals surface area contributed by atoms with E-state index in [1.807, 2.05) is 29.2 Å². The summed E-state index contributed by atoms with van der Waals surface area (Å²) in [6, 6.07) is 14.4. The van der Waals surface area contributed by atoms with Crippen LogP contribution in [0, 0.1) is 0 Å². The monoisotopic (exact) mass is 508 g/mol. The van der Waals surface area contributed by atoms with Gasteiger partial charge in [-0.05, 0) is 54.8 Å². The number of rotatable bonds is 6. The average molecular weight is 509 g/mol. The van der Waals surface area contributed by atoms with Crippen molar-refractivity contribution in [3.63, 3.8) is 0 Å². The number of hydrogen-bond acceptors (Lipinski definition) is 7. The van der Waals surface area contributed by atoms with Crippen molar-refractivity contribution in [2.24, 2.45) is 0 Å². The third kappa shape index (κ3) is 4.90. The highest BCUT2D eigenvalue weighted by atomic mass is 35.5. The maximum atomic E-state index is 12.9. The zero-order valence-electron chi connectivity index (χ0n) is 19.7. The van der Waals surface area contributed by atoms with Crippen LogP contribution in [-0.4, -0.2) is 59.0 Å². The highest BCUT2D eigenvalue weighted by Gasteiger charge is 2.51. The van der Waals surface area contributed by atoms with Gasteiger partial charge in [0.15, 0.2) is 0 Å². The second-order valence-electron chi connectivity index (χ2n) is 8.95. The molecule has 3 amide bonds. The van der Waals surface area contributed by atoms with Crippen LogP contribution in [-0.2, 0) is 15.0 Å². The Morgan fingerprint density at radius 1 is 0.917 bits per heavy atom. The topological polar surface area (TPSA) is 121 Å². The zero-order valence-corrected chi connectivity index (χ0v) is 20.4. The van der Waals surface area contributed by atoms with Gasteiger partial charge in [0.1, 0.15) is 0 Å². The van der Waals surface area contributed by atoms with E-state index >= 15 is 0 Å². The summed E-state index contributed by atoms with van der Waals surface area (Å²) in [5.74, 6) is -1.01. The molecular weight excluding hydrogens is 484 g/mol. The first-order valence-electron chi connectivity index (χ1n) is 11.7. The number of carbonyl (C=O) groups is 3. The van der Waals surface area contributed by atoms with Crippen LogP contribution >= 0.6 is 11.6 Å². The molecule has 1 aliphatic carbocycles. The van der Waals surface area contributed by atoms with Crippen LogP contribution < -0.4 is 15.5 Å². The molecule has 0 bridgehead atoms. The summed E-state index contributed by atoms with van der Waals surface area (Å²) in [7, 11) is 0. The number of aromatic nitrogens is 2. The molecule has 1 saturated carbocycles. The van der Waals surface area contributed by atoms with E-state index < -0.39 is 11.3 Å². The molecule has 1 saturated heterocycles. The molecule has 1 aromatic heterocycles. The first kappa shape index (κ1) is 23.8. The Hall–Kier alpha value is -3.92. The molecule has 10 nitrogen and oxygen atoms in total. The van der Waals surface area contributed by atoms with Crippen molar-refractivity contribution in [1.82, 2.24) is 15.1 Å². The Kier molecular flexibility index (Phi) is 6.36. The van der Waals surface area contributed by atoms with E-state index in [4.69, 9.17) is 16.0 Å². The lowest BCUT2D eigenvalue weighted by Crippen LogP contribution is -2.48. The van der Waals surface area contributed by atoms with Gasteiger partial charge in [-0.25, -0.2) is 0 Å². The van der Waals surface area contributed by atoms with E-state index in [0.29, 0.717) is 36.6 Å². The summed E-state index contributed by atoms with van der Waals surface area (Å²) in [6.45, 7) is 4.45. The van der Waals surface area contributed by atoms with Crippen molar-refractivity contribution >= 4 is 46.7 Å². The maximum Gasteiger partial charge on any atom is 0.322 e. The molecule has 36 heavy (non-hydrogen) atoms. The molecule has 0 spiro atoms. The van der Waals surface area contributed by atoms with Crippen LogP contribution in [0.25, 0.3) is 0 Å². The third-order valence-electron chi connectivity index (χ3n) is 6.64. The fourth-order valence-corrected chi connectivity index (χ4v) is 4.47. The number of halogens is 1. The molecule has 2 fully saturated rings. The third-order valence-corrected chi connectivity index (χ3v) is 6.89. The lowest BCUT2D eigenvalue weighted by Gasteiger charge is -2.35. The molecule has 5 rings (SSSR count). The fourth-order valence-electron chi connectivity index (χ4n) is 4.34. The molecule has 2 N–H and O–H groups in total. The number of amides is 3. The van der Waals surface area contributed by atoms with Crippen LogP contribution in [0.15, 0.2) is 52.9 Å². The minimum absolute atomic E-state index is 0.0880. The van der Waals surface area contributed by atoms with Gasteiger partial charge in [0.25, 0.3) is 0 Å². The average Bonchev–Trinajstić information content (AvgIpc) is 3.57. The number of nitrogens with zero attached hydrogens (tertiary/aromatic N) is 4. The van der Waals surface area contributed by atoms with Crippen molar-refractivity contribution in [1.29, 1.82) is 0 Å². The summed E-state index contributed by atoms with van der Waals surface area (Å²) in [5.41, 5.74) is 1.79. The summed E-state index contributed by atoms with van der Waals surface area (Å²) in [6.07, 6.45) is 1.40. The Labute approximate surface area is 212 Å². The minimum Gasteiger partial charge on any atom is -0.399 e. The number of nitrogens with one attached hydrogen (secondary N) is 2. The number of piperazine rings is 1. The van der Waals surface area contributed by atoms with Crippen molar-refractivity contribution in [2.45, 2.75) is 25.2 Å². The van der Waals surface area contributed by atoms with Crippen molar-refractivity contribution < 1.29 is 18.8 Å². The van der Waals surface area contributed by atoms with Gasteiger partial charge < -0.3 is 19.5 Å². The van der Waals surface area contributed by atoms with E-state index in [2.05, 4.69) is 25.7 Å². The molecule has 186 valence electrons. The summed E-state index contributed by atoms with van der Waals surface area (Å²) in [4.78, 5) is 41.0.